The van der Waals surface area contributed by atoms with Crippen LogP contribution in [0.15, 0.2) is 48.5 Å². The fourth-order valence-electron chi connectivity index (χ4n) is 1.99. The van der Waals surface area contributed by atoms with Crippen LogP contribution >= 0.6 is 0 Å². The number of ether oxygens (including phenoxy) is 1. The lowest BCUT2D eigenvalue weighted by atomic mass is 10.2. The van der Waals surface area contributed by atoms with Gasteiger partial charge >= 0.3 is 16.1 Å². The number of esters is 1. The Balaban J connectivity index is 2.24. The van der Waals surface area contributed by atoms with Gasteiger partial charge in [-0.15, -0.1) is 0 Å². The number of para-hydroxylation sites is 1. The summed E-state index contributed by atoms with van der Waals surface area (Å²) in [4.78, 5) is 11.6. The number of aryl methyl sites for hydroxylation is 1. The van der Waals surface area contributed by atoms with Gasteiger partial charge in [0.1, 0.15) is 11.3 Å². The third-order valence-electron chi connectivity index (χ3n) is 2.94. The SMILES string of the molecule is COC(=O)c1ccccc1OS(=O)(=O)Cc1cccc(C)c1. The van der Waals surface area contributed by atoms with E-state index in [2.05, 4.69) is 4.74 Å². The number of rotatable bonds is 5. The number of carbonyl (C=O) groups is 1. The molecule has 0 atom stereocenters. The summed E-state index contributed by atoms with van der Waals surface area (Å²) in [6, 6.07) is 13.2. The smallest absolute Gasteiger partial charge is 0.341 e. The fraction of sp³-hybridized carbons (Fsp3) is 0.188. The molecule has 2 aromatic carbocycles. The Labute approximate surface area is 129 Å². The maximum atomic E-state index is 12.2. The van der Waals surface area contributed by atoms with Crippen LogP contribution in [0.3, 0.4) is 0 Å². The largest absolute Gasteiger partial charge is 0.465 e. The molecule has 0 aromatic heterocycles. The molecule has 0 heterocycles. The first kappa shape index (κ1) is 16.0. The van der Waals surface area contributed by atoms with E-state index in [4.69, 9.17) is 4.18 Å². The average Bonchev–Trinajstić information content (AvgIpc) is 2.46. The first-order valence-electron chi connectivity index (χ1n) is 6.56. The zero-order valence-electron chi connectivity index (χ0n) is 12.3. The van der Waals surface area contributed by atoms with Gasteiger partial charge in [0.25, 0.3) is 0 Å². The molecule has 0 unspecified atom stereocenters. The molecule has 0 spiro atoms. The summed E-state index contributed by atoms with van der Waals surface area (Å²) in [7, 11) is -2.65. The van der Waals surface area contributed by atoms with E-state index in [1.165, 1.54) is 19.2 Å². The molecule has 6 heteroatoms. The van der Waals surface area contributed by atoms with Crippen LogP contribution in [0.4, 0.5) is 0 Å². The minimum atomic E-state index is -3.88. The van der Waals surface area contributed by atoms with E-state index < -0.39 is 16.1 Å². The van der Waals surface area contributed by atoms with Crippen molar-refractivity contribution in [1.82, 2.24) is 0 Å². The normalized spacial score (nSPS) is 11.0. The zero-order chi connectivity index (χ0) is 16.2. The van der Waals surface area contributed by atoms with Crippen LogP contribution in [0.1, 0.15) is 21.5 Å². The topological polar surface area (TPSA) is 69.7 Å². The summed E-state index contributed by atoms with van der Waals surface area (Å²) in [5.74, 6) is -0.965. The van der Waals surface area contributed by atoms with Gasteiger partial charge in [0.15, 0.2) is 5.75 Å². The lowest BCUT2D eigenvalue weighted by molar-refractivity contribution is 0.0599. The van der Waals surface area contributed by atoms with Gasteiger partial charge in [-0.25, -0.2) is 4.79 Å². The first-order valence-corrected chi connectivity index (χ1v) is 8.14. The van der Waals surface area contributed by atoms with Crippen molar-refractivity contribution in [2.75, 3.05) is 7.11 Å². The summed E-state index contributed by atoms with van der Waals surface area (Å²) >= 11 is 0. The lowest BCUT2D eigenvalue weighted by Crippen LogP contribution is -2.14. The Morgan fingerprint density at radius 1 is 1.09 bits per heavy atom. The molecule has 0 aliphatic rings. The van der Waals surface area contributed by atoms with Gasteiger partial charge in [-0.1, -0.05) is 42.0 Å². The molecule has 2 aromatic rings. The van der Waals surface area contributed by atoms with Crippen molar-refractivity contribution >= 4 is 16.1 Å². The molecule has 5 nitrogen and oxygen atoms in total. The fourth-order valence-corrected chi connectivity index (χ4v) is 3.06. The molecule has 0 N–H and O–H groups in total. The Morgan fingerprint density at radius 2 is 1.82 bits per heavy atom. The van der Waals surface area contributed by atoms with Crippen molar-refractivity contribution in [2.24, 2.45) is 0 Å². The lowest BCUT2D eigenvalue weighted by Gasteiger charge is -2.10. The van der Waals surface area contributed by atoms with Crippen LogP contribution in [0.2, 0.25) is 0 Å². The maximum absolute atomic E-state index is 12.2. The molecule has 2 rings (SSSR count). The number of hydrogen-bond acceptors (Lipinski definition) is 5. The highest BCUT2D eigenvalue weighted by atomic mass is 32.2. The van der Waals surface area contributed by atoms with Crippen molar-refractivity contribution in [3.05, 3.63) is 65.2 Å². The van der Waals surface area contributed by atoms with Gasteiger partial charge in [0.2, 0.25) is 0 Å². The molecule has 22 heavy (non-hydrogen) atoms. The second-order valence-corrected chi connectivity index (χ2v) is 6.33. The Morgan fingerprint density at radius 3 is 2.50 bits per heavy atom. The third kappa shape index (κ3) is 4.08. The summed E-state index contributed by atoms with van der Waals surface area (Å²) in [5, 5.41) is 0. The third-order valence-corrected chi connectivity index (χ3v) is 4.06. The highest BCUT2D eigenvalue weighted by Crippen LogP contribution is 2.22. The van der Waals surface area contributed by atoms with Crippen molar-refractivity contribution in [1.29, 1.82) is 0 Å². The van der Waals surface area contributed by atoms with Crippen LogP contribution in [0, 0.1) is 6.92 Å². The summed E-state index contributed by atoms with van der Waals surface area (Å²) in [6.45, 7) is 1.88. The molecule has 0 aliphatic heterocycles. The van der Waals surface area contributed by atoms with Gasteiger partial charge in [-0.2, -0.15) is 8.42 Å². The van der Waals surface area contributed by atoms with Crippen molar-refractivity contribution in [2.45, 2.75) is 12.7 Å². The highest BCUT2D eigenvalue weighted by Gasteiger charge is 2.19. The van der Waals surface area contributed by atoms with E-state index in [0.29, 0.717) is 5.56 Å². The summed E-state index contributed by atoms with van der Waals surface area (Å²) < 4.78 is 34.0. The summed E-state index contributed by atoms with van der Waals surface area (Å²) in [5.41, 5.74) is 1.65. The van der Waals surface area contributed by atoms with Crippen LogP contribution in [-0.4, -0.2) is 21.5 Å². The highest BCUT2D eigenvalue weighted by molar-refractivity contribution is 7.86. The number of carbonyl (C=O) groups excluding carboxylic acids is 1. The average molecular weight is 320 g/mol. The van der Waals surface area contributed by atoms with Crippen molar-refractivity contribution in [3.8, 4) is 5.75 Å². The number of hydrogen-bond donors (Lipinski definition) is 0. The minimum Gasteiger partial charge on any atom is -0.465 e. The molecule has 0 radical (unpaired) electrons. The van der Waals surface area contributed by atoms with E-state index in [9.17, 15) is 13.2 Å². The Bertz CT molecular complexity index is 781. The van der Waals surface area contributed by atoms with E-state index in [1.807, 2.05) is 13.0 Å². The molecule has 0 amide bonds. The molecule has 0 bridgehead atoms. The molecular formula is C16H16O5S. The van der Waals surface area contributed by atoms with Crippen LogP contribution in [0.25, 0.3) is 0 Å². The quantitative estimate of drug-likeness (QED) is 0.626. The molecule has 116 valence electrons. The second-order valence-electron chi connectivity index (χ2n) is 4.76. The zero-order valence-corrected chi connectivity index (χ0v) is 13.1. The van der Waals surface area contributed by atoms with Crippen LogP contribution in [0.5, 0.6) is 5.75 Å². The van der Waals surface area contributed by atoms with Gasteiger partial charge in [0.05, 0.1) is 7.11 Å². The first-order chi connectivity index (χ1) is 10.4. The Kier molecular flexibility index (Phi) is 4.82. The summed E-state index contributed by atoms with van der Waals surface area (Å²) in [6.07, 6.45) is 0. The monoisotopic (exact) mass is 320 g/mol. The number of methoxy groups -OCH3 is 1. The van der Waals surface area contributed by atoms with Crippen LogP contribution in [-0.2, 0) is 20.6 Å². The minimum absolute atomic E-state index is 0.0398. The Hall–Kier alpha value is -2.34. The second kappa shape index (κ2) is 6.62. The van der Waals surface area contributed by atoms with E-state index in [-0.39, 0.29) is 17.1 Å². The molecular weight excluding hydrogens is 304 g/mol. The van der Waals surface area contributed by atoms with E-state index >= 15 is 0 Å². The van der Waals surface area contributed by atoms with Gasteiger partial charge in [-0.3, -0.25) is 0 Å². The predicted octanol–water partition coefficient (Wildman–Crippen LogP) is 2.69. The van der Waals surface area contributed by atoms with E-state index in [0.717, 1.165) is 5.56 Å². The van der Waals surface area contributed by atoms with Crippen molar-refractivity contribution < 1.29 is 22.1 Å². The standard InChI is InChI=1S/C16H16O5S/c1-12-6-5-7-13(10-12)11-22(18,19)21-15-9-4-3-8-14(15)16(17)20-2/h3-10H,11H2,1-2H3. The number of benzene rings is 2. The van der Waals surface area contributed by atoms with E-state index in [1.54, 1.807) is 30.3 Å². The van der Waals surface area contributed by atoms with Crippen molar-refractivity contribution in [3.63, 3.8) is 0 Å². The molecule has 0 fully saturated rings. The molecule has 0 saturated heterocycles. The molecule has 0 saturated carbocycles. The maximum Gasteiger partial charge on any atom is 0.341 e. The van der Waals surface area contributed by atoms with Gasteiger partial charge < -0.3 is 8.92 Å². The predicted molar refractivity (Wildman–Crippen MR) is 82.2 cm³/mol. The van der Waals surface area contributed by atoms with Gasteiger partial charge in [0, 0.05) is 0 Å². The molecule has 0 aliphatic carbocycles. The van der Waals surface area contributed by atoms with Crippen LogP contribution < -0.4 is 4.18 Å². The van der Waals surface area contributed by atoms with Gasteiger partial charge in [-0.05, 0) is 24.6 Å².